The number of thiazole rings is 1. The molecule has 3 heterocycles. The average Bonchev–Trinajstić information content (AvgIpc) is 3.12. The van der Waals surface area contributed by atoms with Crippen molar-refractivity contribution in [1.29, 1.82) is 0 Å². The van der Waals surface area contributed by atoms with Crippen LogP contribution in [0.2, 0.25) is 5.02 Å². The number of anilines is 2. The van der Waals surface area contributed by atoms with Gasteiger partial charge in [-0.2, -0.15) is 4.98 Å². The van der Waals surface area contributed by atoms with E-state index in [0.29, 0.717) is 10.3 Å². The first-order chi connectivity index (χ1) is 13.5. The predicted molar refractivity (Wildman–Crippen MR) is 108 cm³/mol. The smallest absolute Gasteiger partial charge is 0.273 e. The molecule has 0 aliphatic carbocycles. The van der Waals surface area contributed by atoms with Gasteiger partial charge < -0.3 is 10.2 Å². The van der Waals surface area contributed by atoms with E-state index < -0.39 is 11.7 Å². The van der Waals surface area contributed by atoms with Crippen LogP contribution in [0.15, 0.2) is 29.3 Å². The maximum atomic E-state index is 13.8. The molecule has 4 rings (SSSR count). The van der Waals surface area contributed by atoms with Crippen LogP contribution in [0.4, 0.5) is 15.2 Å². The van der Waals surface area contributed by atoms with Gasteiger partial charge in [-0.1, -0.05) is 22.9 Å². The molecule has 28 heavy (non-hydrogen) atoms. The molecule has 1 fully saturated rings. The normalized spacial score (nSPS) is 14.4. The van der Waals surface area contributed by atoms with Gasteiger partial charge in [0, 0.05) is 18.1 Å². The van der Waals surface area contributed by atoms with Gasteiger partial charge in [0.1, 0.15) is 23.4 Å². The van der Waals surface area contributed by atoms with Crippen molar-refractivity contribution >= 4 is 50.0 Å². The van der Waals surface area contributed by atoms with Gasteiger partial charge in [0.2, 0.25) is 5.91 Å². The lowest BCUT2D eigenvalue weighted by atomic mass is 10.1. The molecule has 7 nitrogen and oxygen atoms in total. The van der Waals surface area contributed by atoms with Crippen molar-refractivity contribution < 1.29 is 9.18 Å². The molecule has 1 aromatic carbocycles. The highest BCUT2D eigenvalue weighted by atomic mass is 35.5. The summed E-state index contributed by atoms with van der Waals surface area (Å²) in [5.41, 5.74) is 0.0510. The molecule has 1 aliphatic heterocycles. The van der Waals surface area contributed by atoms with Crippen LogP contribution in [0, 0.1) is 5.82 Å². The average molecular weight is 422 g/mol. The molecular formula is C18H17ClFN5O2S. The molecule has 0 bridgehead atoms. The number of nitrogens with zero attached hydrogens (tertiary/aromatic N) is 4. The van der Waals surface area contributed by atoms with Gasteiger partial charge in [-0.25, -0.2) is 9.37 Å². The van der Waals surface area contributed by atoms with Crippen LogP contribution in [0.5, 0.6) is 0 Å². The first-order valence-corrected chi connectivity index (χ1v) is 10.1. The fourth-order valence-electron chi connectivity index (χ4n) is 3.10. The summed E-state index contributed by atoms with van der Waals surface area (Å²) >= 11 is 7.00. The molecule has 0 spiro atoms. The summed E-state index contributed by atoms with van der Waals surface area (Å²) in [4.78, 5) is 35.8. The Labute approximate surface area is 168 Å². The Morgan fingerprint density at radius 1 is 1.29 bits per heavy atom. The molecule has 0 unspecified atom stereocenters. The first-order valence-electron chi connectivity index (χ1n) is 8.87. The summed E-state index contributed by atoms with van der Waals surface area (Å²) in [6.45, 7) is 1.56. The molecule has 0 radical (unpaired) electrons. The molecular weight excluding hydrogens is 405 g/mol. The zero-order valence-corrected chi connectivity index (χ0v) is 16.4. The third-order valence-corrected chi connectivity index (χ3v) is 5.85. The van der Waals surface area contributed by atoms with Crippen LogP contribution >= 0.6 is 22.9 Å². The Hall–Kier alpha value is -2.52. The van der Waals surface area contributed by atoms with Crippen molar-refractivity contribution in [2.75, 3.05) is 23.3 Å². The van der Waals surface area contributed by atoms with E-state index in [1.807, 2.05) is 0 Å². The van der Waals surface area contributed by atoms with E-state index in [1.54, 1.807) is 0 Å². The molecule has 0 saturated carbocycles. The Morgan fingerprint density at radius 2 is 2.07 bits per heavy atom. The van der Waals surface area contributed by atoms with E-state index in [4.69, 9.17) is 11.6 Å². The Kier molecular flexibility index (Phi) is 5.27. The molecule has 10 heteroatoms. The largest absolute Gasteiger partial charge is 0.348 e. The van der Waals surface area contributed by atoms with Crippen molar-refractivity contribution in [2.45, 2.75) is 25.8 Å². The summed E-state index contributed by atoms with van der Waals surface area (Å²) in [7, 11) is 0. The number of aromatic nitrogens is 3. The Morgan fingerprint density at radius 3 is 2.82 bits per heavy atom. The van der Waals surface area contributed by atoms with Gasteiger partial charge >= 0.3 is 0 Å². The lowest BCUT2D eigenvalue weighted by Crippen LogP contribution is -2.29. The topological polar surface area (TPSA) is 80.1 Å². The number of nitrogens with one attached hydrogen (secondary N) is 1. The quantitative estimate of drug-likeness (QED) is 0.699. The van der Waals surface area contributed by atoms with Gasteiger partial charge in [-0.15, -0.1) is 0 Å². The number of amides is 1. The van der Waals surface area contributed by atoms with Crippen molar-refractivity contribution in [2.24, 2.45) is 0 Å². The molecule has 1 saturated heterocycles. The van der Waals surface area contributed by atoms with E-state index in [1.165, 1.54) is 40.8 Å². The minimum atomic E-state index is -0.643. The summed E-state index contributed by atoms with van der Waals surface area (Å²) in [5, 5.41) is 3.45. The zero-order valence-electron chi connectivity index (χ0n) is 14.8. The van der Waals surface area contributed by atoms with Gasteiger partial charge in [0.25, 0.3) is 5.56 Å². The van der Waals surface area contributed by atoms with Crippen molar-refractivity contribution in [1.82, 2.24) is 14.5 Å². The van der Waals surface area contributed by atoms with Crippen LogP contribution in [-0.2, 0) is 11.3 Å². The number of rotatable bonds is 4. The molecule has 1 amide bonds. The molecule has 1 aliphatic rings. The van der Waals surface area contributed by atoms with Crippen LogP contribution < -0.4 is 15.8 Å². The van der Waals surface area contributed by atoms with E-state index in [0.717, 1.165) is 37.1 Å². The summed E-state index contributed by atoms with van der Waals surface area (Å²) in [6, 6.07) is 3.95. The minimum Gasteiger partial charge on any atom is -0.348 e. The number of carbonyl (C=O) groups excluding carboxylic acids is 1. The number of halogens is 2. The second kappa shape index (κ2) is 7.84. The maximum Gasteiger partial charge on any atom is 0.273 e. The summed E-state index contributed by atoms with van der Waals surface area (Å²) in [6.07, 6.45) is 4.71. The molecule has 2 aromatic heterocycles. The van der Waals surface area contributed by atoms with Gasteiger partial charge in [-0.3, -0.25) is 14.2 Å². The third-order valence-electron chi connectivity index (χ3n) is 4.52. The van der Waals surface area contributed by atoms with E-state index in [2.05, 4.69) is 20.2 Å². The minimum absolute atomic E-state index is 0.00154. The number of hydrogen-bond donors (Lipinski definition) is 1. The number of hydrogen-bond acceptors (Lipinski definition) is 6. The van der Waals surface area contributed by atoms with Crippen LogP contribution in [-0.4, -0.2) is 33.5 Å². The fourth-order valence-corrected chi connectivity index (χ4v) is 4.28. The van der Waals surface area contributed by atoms with Crippen molar-refractivity contribution in [3.63, 3.8) is 0 Å². The summed E-state index contributed by atoms with van der Waals surface area (Å²) in [5.74, 6) is -1.18. The van der Waals surface area contributed by atoms with Gasteiger partial charge in [0.05, 0.1) is 5.69 Å². The SMILES string of the molecule is O=C(Cn1cnc2nc(N3CCCCC3)sc2c1=O)Nc1ccc(Cl)cc1F. The van der Waals surface area contributed by atoms with Crippen molar-refractivity contribution in [3.8, 4) is 0 Å². The second-order valence-corrected chi connectivity index (χ2v) is 7.96. The first kappa shape index (κ1) is 18.8. The lowest BCUT2D eigenvalue weighted by molar-refractivity contribution is -0.116. The number of carbonyl (C=O) groups is 1. The van der Waals surface area contributed by atoms with Gasteiger partial charge in [-0.05, 0) is 37.5 Å². The monoisotopic (exact) mass is 421 g/mol. The van der Waals surface area contributed by atoms with Crippen LogP contribution in [0.3, 0.4) is 0 Å². The highest BCUT2D eigenvalue weighted by Gasteiger charge is 2.18. The second-order valence-electron chi connectivity index (χ2n) is 6.55. The molecule has 1 N–H and O–H groups in total. The maximum absolute atomic E-state index is 13.8. The third kappa shape index (κ3) is 3.85. The summed E-state index contributed by atoms with van der Waals surface area (Å²) < 4.78 is 15.4. The lowest BCUT2D eigenvalue weighted by Gasteiger charge is -2.25. The van der Waals surface area contributed by atoms with E-state index >= 15 is 0 Å². The highest BCUT2D eigenvalue weighted by molar-refractivity contribution is 7.22. The van der Waals surface area contributed by atoms with Gasteiger partial charge in [0.15, 0.2) is 10.8 Å². The van der Waals surface area contributed by atoms with Crippen LogP contribution in [0.25, 0.3) is 10.3 Å². The zero-order chi connectivity index (χ0) is 19.7. The molecule has 3 aromatic rings. The number of piperidine rings is 1. The number of fused-ring (bicyclic) bond motifs is 1. The molecule has 146 valence electrons. The number of benzene rings is 1. The Balaban J connectivity index is 1.54. The Bertz CT molecular complexity index is 1090. The van der Waals surface area contributed by atoms with E-state index in [9.17, 15) is 14.0 Å². The van der Waals surface area contributed by atoms with Crippen molar-refractivity contribution in [3.05, 3.63) is 45.7 Å². The predicted octanol–water partition coefficient (Wildman–Crippen LogP) is 3.27. The van der Waals surface area contributed by atoms with E-state index in [-0.39, 0.29) is 22.8 Å². The standard InChI is InChI=1S/C18H17ClFN5O2S/c19-11-4-5-13(12(20)8-11)22-14(26)9-25-10-21-16-15(17(25)27)28-18(23-16)24-6-2-1-3-7-24/h4-5,8,10H,1-3,6-7,9H2,(H,22,26). The fraction of sp³-hybridized carbons (Fsp3) is 0.333. The highest BCUT2D eigenvalue weighted by Crippen LogP contribution is 2.27. The van der Waals surface area contributed by atoms with Crippen LogP contribution in [0.1, 0.15) is 19.3 Å². The molecule has 0 atom stereocenters.